The molecule has 0 aromatic heterocycles. The Morgan fingerprint density at radius 2 is 2.00 bits per heavy atom. The average Bonchev–Trinajstić information content (AvgIpc) is 2.73. The van der Waals surface area contributed by atoms with Gasteiger partial charge in [0.15, 0.2) is 0 Å². The summed E-state index contributed by atoms with van der Waals surface area (Å²) in [6, 6.07) is 0. The van der Waals surface area contributed by atoms with Crippen LogP contribution < -0.4 is 0 Å². The molecule has 1 aliphatic rings. The van der Waals surface area contributed by atoms with Gasteiger partial charge in [0.1, 0.15) is 0 Å². The van der Waals surface area contributed by atoms with Gasteiger partial charge in [0.25, 0.3) is 0 Å². The Kier molecular flexibility index (Phi) is 5.44. The van der Waals surface area contributed by atoms with Gasteiger partial charge in [0, 0.05) is 13.1 Å². The van der Waals surface area contributed by atoms with Crippen molar-refractivity contribution in [1.29, 1.82) is 0 Å². The molecule has 0 amide bonds. The Labute approximate surface area is 106 Å². The molecule has 0 bridgehead atoms. The summed E-state index contributed by atoms with van der Waals surface area (Å²) in [5.41, 5.74) is 0.494. The minimum absolute atomic E-state index is 0.000498. The van der Waals surface area contributed by atoms with Gasteiger partial charge >= 0.3 is 5.97 Å². The third-order valence-corrected chi connectivity index (χ3v) is 4.24. The van der Waals surface area contributed by atoms with Crippen molar-refractivity contribution < 1.29 is 9.53 Å². The van der Waals surface area contributed by atoms with E-state index in [1.165, 1.54) is 19.3 Å². The Bertz CT molecular complexity index is 249. The molecule has 1 atom stereocenters. The van der Waals surface area contributed by atoms with Crippen molar-refractivity contribution in [2.75, 3.05) is 26.2 Å². The van der Waals surface area contributed by atoms with E-state index in [1.807, 2.05) is 13.8 Å². The van der Waals surface area contributed by atoms with Crippen molar-refractivity contribution in [3.05, 3.63) is 0 Å². The molecule has 1 saturated heterocycles. The largest absolute Gasteiger partial charge is 0.466 e. The number of esters is 1. The minimum Gasteiger partial charge on any atom is -0.466 e. The first kappa shape index (κ1) is 14.5. The van der Waals surface area contributed by atoms with E-state index in [-0.39, 0.29) is 11.9 Å². The van der Waals surface area contributed by atoms with Gasteiger partial charge < -0.3 is 9.64 Å². The van der Waals surface area contributed by atoms with Crippen LogP contribution in [0.2, 0.25) is 0 Å². The second-order valence-electron chi connectivity index (χ2n) is 5.35. The molecule has 17 heavy (non-hydrogen) atoms. The second-order valence-corrected chi connectivity index (χ2v) is 5.35. The second kappa shape index (κ2) is 6.39. The van der Waals surface area contributed by atoms with Crippen molar-refractivity contribution in [2.24, 2.45) is 11.3 Å². The molecule has 1 fully saturated rings. The molecular weight excluding hydrogens is 214 g/mol. The van der Waals surface area contributed by atoms with Gasteiger partial charge in [-0.15, -0.1) is 0 Å². The number of likely N-dealkylation sites (tertiary alicyclic amines) is 1. The van der Waals surface area contributed by atoms with Gasteiger partial charge in [0.05, 0.1) is 12.5 Å². The number of carbonyl (C=O) groups is 1. The molecule has 3 heteroatoms. The van der Waals surface area contributed by atoms with E-state index in [2.05, 4.69) is 18.7 Å². The maximum absolute atomic E-state index is 11.6. The highest BCUT2D eigenvalue weighted by Gasteiger charge is 2.35. The van der Waals surface area contributed by atoms with E-state index >= 15 is 0 Å². The predicted molar refractivity (Wildman–Crippen MR) is 69.9 cm³/mol. The van der Waals surface area contributed by atoms with Gasteiger partial charge in [-0.1, -0.05) is 20.8 Å². The lowest BCUT2D eigenvalue weighted by Gasteiger charge is -2.27. The topological polar surface area (TPSA) is 29.5 Å². The van der Waals surface area contributed by atoms with Crippen LogP contribution in [-0.4, -0.2) is 37.1 Å². The molecule has 1 rings (SSSR count). The first-order valence-electron chi connectivity index (χ1n) is 6.96. The van der Waals surface area contributed by atoms with Crippen molar-refractivity contribution in [2.45, 2.75) is 47.0 Å². The molecule has 1 unspecified atom stereocenters. The van der Waals surface area contributed by atoms with Crippen molar-refractivity contribution in [3.8, 4) is 0 Å². The van der Waals surface area contributed by atoms with Gasteiger partial charge in [-0.05, 0) is 38.1 Å². The first-order valence-corrected chi connectivity index (χ1v) is 6.96. The third kappa shape index (κ3) is 3.70. The number of rotatable bonds is 6. The molecule has 1 heterocycles. The maximum Gasteiger partial charge on any atom is 0.309 e. The fourth-order valence-electron chi connectivity index (χ4n) is 2.76. The molecule has 0 aliphatic carbocycles. The summed E-state index contributed by atoms with van der Waals surface area (Å²) in [5.74, 6) is -0.0579. The van der Waals surface area contributed by atoms with Gasteiger partial charge in [-0.3, -0.25) is 4.79 Å². The molecule has 0 aromatic rings. The highest BCUT2D eigenvalue weighted by atomic mass is 16.5. The van der Waals surface area contributed by atoms with E-state index in [0.717, 1.165) is 19.6 Å². The number of nitrogens with zero attached hydrogens (tertiary/aromatic N) is 1. The summed E-state index contributed by atoms with van der Waals surface area (Å²) >= 11 is 0. The van der Waals surface area contributed by atoms with Crippen molar-refractivity contribution in [3.63, 3.8) is 0 Å². The molecule has 0 saturated carbocycles. The SMILES string of the molecule is CCOC(=O)C(C)CN1CCC(CC)(CC)C1. The fourth-order valence-corrected chi connectivity index (χ4v) is 2.76. The molecule has 0 N–H and O–H groups in total. The Hall–Kier alpha value is -0.570. The normalized spacial score (nSPS) is 21.4. The highest BCUT2D eigenvalue weighted by molar-refractivity contribution is 5.72. The lowest BCUT2D eigenvalue weighted by Crippen LogP contribution is -2.33. The number of ether oxygens (including phenoxy) is 1. The Balaban J connectivity index is 2.42. The molecule has 100 valence electrons. The smallest absolute Gasteiger partial charge is 0.309 e. The van der Waals surface area contributed by atoms with E-state index in [1.54, 1.807) is 0 Å². The summed E-state index contributed by atoms with van der Waals surface area (Å²) in [6.45, 7) is 12.0. The lowest BCUT2D eigenvalue weighted by molar-refractivity contribution is -0.148. The van der Waals surface area contributed by atoms with Crippen LogP contribution in [-0.2, 0) is 9.53 Å². The zero-order valence-electron chi connectivity index (χ0n) is 11.8. The Morgan fingerprint density at radius 3 is 2.47 bits per heavy atom. The van der Waals surface area contributed by atoms with Crippen LogP contribution in [0.4, 0.5) is 0 Å². The van der Waals surface area contributed by atoms with E-state index in [9.17, 15) is 4.79 Å². The van der Waals surface area contributed by atoms with Crippen LogP contribution in [0.5, 0.6) is 0 Å². The monoisotopic (exact) mass is 241 g/mol. The maximum atomic E-state index is 11.6. The van der Waals surface area contributed by atoms with Gasteiger partial charge in [-0.25, -0.2) is 0 Å². The molecule has 0 spiro atoms. The molecule has 0 radical (unpaired) electrons. The van der Waals surface area contributed by atoms with E-state index in [4.69, 9.17) is 4.74 Å². The summed E-state index contributed by atoms with van der Waals surface area (Å²) in [6.07, 6.45) is 3.76. The molecule has 1 aliphatic heterocycles. The van der Waals surface area contributed by atoms with Crippen LogP contribution in [0.25, 0.3) is 0 Å². The standard InChI is InChI=1S/C14H27NO2/c1-5-14(6-2)8-9-15(11-14)10-12(4)13(16)17-7-3/h12H,5-11H2,1-4H3. The van der Waals surface area contributed by atoms with Gasteiger partial charge in [0.2, 0.25) is 0 Å². The van der Waals surface area contributed by atoms with Gasteiger partial charge in [-0.2, -0.15) is 0 Å². The molecule has 3 nitrogen and oxygen atoms in total. The quantitative estimate of drug-likeness (QED) is 0.670. The van der Waals surface area contributed by atoms with E-state index < -0.39 is 0 Å². The van der Waals surface area contributed by atoms with Crippen LogP contribution in [0, 0.1) is 11.3 Å². The summed E-state index contributed by atoms with van der Waals surface area (Å²) in [7, 11) is 0. The molecular formula is C14H27NO2. The predicted octanol–water partition coefficient (Wildman–Crippen LogP) is 2.70. The molecule has 0 aromatic carbocycles. The average molecular weight is 241 g/mol. The van der Waals surface area contributed by atoms with Crippen LogP contribution in [0.15, 0.2) is 0 Å². The van der Waals surface area contributed by atoms with Crippen molar-refractivity contribution in [1.82, 2.24) is 4.90 Å². The summed E-state index contributed by atoms with van der Waals surface area (Å²) < 4.78 is 5.05. The number of carbonyl (C=O) groups excluding carboxylic acids is 1. The van der Waals surface area contributed by atoms with Crippen LogP contribution >= 0.6 is 0 Å². The summed E-state index contributed by atoms with van der Waals surface area (Å²) in [5, 5.41) is 0. The summed E-state index contributed by atoms with van der Waals surface area (Å²) in [4.78, 5) is 14.0. The van der Waals surface area contributed by atoms with Crippen LogP contribution in [0.1, 0.15) is 47.0 Å². The zero-order valence-corrected chi connectivity index (χ0v) is 11.8. The lowest BCUT2D eigenvalue weighted by atomic mass is 9.82. The highest BCUT2D eigenvalue weighted by Crippen LogP contribution is 2.37. The van der Waals surface area contributed by atoms with Crippen LogP contribution in [0.3, 0.4) is 0 Å². The van der Waals surface area contributed by atoms with E-state index in [0.29, 0.717) is 12.0 Å². The zero-order chi connectivity index (χ0) is 12.9. The fraction of sp³-hybridized carbons (Fsp3) is 0.929. The number of hydrogen-bond donors (Lipinski definition) is 0. The van der Waals surface area contributed by atoms with Crippen molar-refractivity contribution >= 4 is 5.97 Å². The first-order chi connectivity index (χ1) is 8.06. The minimum atomic E-state index is -0.0574. The Morgan fingerprint density at radius 1 is 1.35 bits per heavy atom. The number of hydrogen-bond acceptors (Lipinski definition) is 3. The third-order valence-electron chi connectivity index (χ3n) is 4.24.